The van der Waals surface area contributed by atoms with Gasteiger partial charge in [-0.05, 0) is 74.7 Å². The SMILES string of the molecule is c1ccc(C(=C(c2ccccc2)c2ccc(-c3ccc(-c4nc5c6ccccc6c6ccccc6c5n4C4CCCCC4)s3)cc2)c2ccccc2)cc1. The third kappa shape index (κ3) is 5.77. The zero-order valence-corrected chi connectivity index (χ0v) is 31.0. The van der Waals surface area contributed by atoms with Gasteiger partial charge in [0.15, 0.2) is 5.82 Å². The van der Waals surface area contributed by atoms with Crippen LogP contribution in [0.3, 0.4) is 0 Å². The number of imidazole rings is 1. The van der Waals surface area contributed by atoms with E-state index < -0.39 is 0 Å². The molecule has 2 aromatic heterocycles. The van der Waals surface area contributed by atoms with Crippen LogP contribution in [0.5, 0.6) is 0 Å². The first-order valence-electron chi connectivity index (χ1n) is 19.2. The first-order valence-corrected chi connectivity index (χ1v) is 20.1. The van der Waals surface area contributed by atoms with E-state index in [1.54, 1.807) is 0 Å². The third-order valence-electron chi connectivity index (χ3n) is 11.2. The third-order valence-corrected chi connectivity index (χ3v) is 12.4. The minimum atomic E-state index is 0.444. The molecule has 0 aliphatic heterocycles. The zero-order valence-electron chi connectivity index (χ0n) is 30.2. The van der Waals surface area contributed by atoms with Crippen molar-refractivity contribution < 1.29 is 0 Å². The van der Waals surface area contributed by atoms with E-state index in [-0.39, 0.29) is 0 Å². The molecule has 7 aromatic carbocycles. The summed E-state index contributed by atoms with van der Waals surface area (Å²) >= 11 is 1.86. The van der Waals surface area contributed by atoms with Crippen molar-refractivity contribution in [2.24, 2.45) is 0 Å². The van der Waals surface area contributed by atoms with Crippen LogP contribution in [0.2, 0.25) is 0 Å². The van der Waals surface area contributed by atoms with Gasteiger partial charge in [-0.25, -0.2) is 4.98 Å². The van der Waals surface area contributed by atoms with Crippen molar-refractivity contribution in [2.75, 3.05) is 0 Å². The summed E-state index contributed by atoms with van der Waals surface area (Å²) in [6.45, 7) is 0. The van der Waals surface area contributed by atoms with Gasteiger partial charge in [-0.3, -0.25) is 0 Å². The molecular formula is C51H40N2S. The topological polar surface area (TPSA) is 17.8 Å². The molecule has 0 saturated heterocycles. The first-order chi connectivity index (χ1) is 26.8. The van der Waals surface area contributed by atoms with Gasteiger partial charge >= 0.3 is 0 Å². The lowest BCUT2D eigenvalue weighted by molar-refractivity contribution is 0.362. The maximum absolute atomic E-state index is 5.56. The number of benzene rings is 7. The molecule has 0 amide bonds. The smallest absolute Gasteiger partial charge is 0.151 e. The van der Waals surface area contributed by atoms with Gasteiger partial charge in [-0.2, -0.15) is 0 Å². The molecule has 0 spiro atoms. The second-order valence-electron chi connectivity index (χ2n) is 14.5. The van der Waals surface area contributed by atoms with Crippen molar-refractivity contribution >= 4 is 55.1 Å². The average molecular weight is 713 g/mol. The Morgan fingerprint density at radius 1 is 0.444 bits per heavy atom. The Hall–Kier alpha value is -6.03. The van der Waals surface area contributed by atoms with Gasteiger partial charge < -0.3 is 4.57 Å². The molecule has 2 nitrogen and oxygen atoms in total. The van der Waals surface area contributed by atoms with Crippen LogP contribution < -0.4 is 0 Å². The molecule has 3 heteroatoms. The van der Waals surface area contributed by atoms with E-state index in [1.165, 1.54) is 108 Å². The van der Waals surface area contributed by atoms with Crippen LogP contribution in [-0.2, 0) is 0 Å². The molecule has 0 bridgehead atoms. The molecule has 54 heavy (non-hydrogen) atoms. The van der Waals surface area contributed by atoms with Crippen LogP contribution in [0.25, 0.3) is 64.9 Å². The lowest BCUT2D eigenvalue weighted by atomic mass is 9.85. The fraction of sp³-hybridized carbons (Fsp3) is 0.118. The van der Waals surface area contributed by atoms with Crippen LogP contribution in [0, 0.1) is 0 Å². The van der Waals surface area contributed by atoms with Crippen molar-refractivity contribution in [1.82, 2.24) is 9.55 Å². The fourth-order valence-electron chi connectivity index (χ4n) is 8.73. The van der Waals surface area contributed by atoms with Crippen molar-refractivity contribution in [3.63, 3.8) is 0 Å². The highest BCUT2D eigenvalue weighted by Crippen LogP contribution is 2.45. The van der Waals surface area contributed by atoms with Crippen LogP contribution in [-0.4, -0.2) is 9.55 Å². The monoisotopic (exact) mass is 712 g/mol. The molecule has 9 aromatic rings. The highest BCUT2D eigenvalue weighted by Gasteiger charge is 2.26. The van der Waals surface area contributed by atoms with Crippen molar-refractivity contribution in [2.45, 2.75) is 38.1 Å². The Morgan fingerprint density at radius 2 is 0.907 bits per heavy atom. The number of thiophene rings is 1. The second kappa shape index (κ2) is 14.1. The van der Waals surface area contributed by atoms with Crippen molar-refractivity contribution in [3.8, 4) is 21.1 Å². The maximum atomic E-state index is 5.56. The van der Waals surface area contributed by atoms with Gasteiger partial charge in [-0.15, -0.1) is 11.3 Å². The van der Waals surface area contributed by atoms with E-state index in [0.29, 0.717) is 6.04 Å². The Balaban J connectivity index is 1.11. The van der Waals surface area contributed by atoms with Crippen LogP contribution in [0.15, 0.2) is 176 Å². The summed E-state index contributed by atoms with van der Waals surface area (Å²) in [6, 6.07) is 64.4. The lowest BCUT2D eigenvalue weighted by Crippen LogP contribution is -2.13. The van der Waals surface area contributed by atoms with E-state index >= 15 is 0 Å². The molecule has 0 radical (unpaired) electrons. The predicted octanol–water partition coefficient (Wildman–Crippen LogP) is 14.3. The summed E-state index contributed by atoms with van der Waals surface area (Å²) in [5, 5.41) is 5.12. The van der Waals surface area contributed by atoms with E-state index in [1.807, 2.05) is 11.3 Å². The maximum Gasteiger partial charge on any atom is 0.151 e. The predicted molar refractivity (Wildman–Crippen MR) is 230 cm³/mol. The molecule has 0 N–H and O–H groups in total. The molecule has 2 heterocycles. The fourth-order valence-corrected chi connectivity index (χ4v) is 9.73. The van der Waals surface area contributed by atoms with Crippen molar-refractivity contribution in [3.05, 3.63) is 198 Å². The van der Waals surface area contributed by atoms with Gasteiger partial charge in [0.2, 0.25) is 0 Å². The molecule has 1 aliphatic rings. The van der Waals surface area contributed by atoms with Crippen LogP contribution >= 0.6 is 11.3 Å². The molecule has 1 saturated carbocycles. The largest absolute Gasteiger partial charge is 0.320 e. The summed E-state index contributed by atoms with van der Waals surface area (Å²) in [4.78, 5) is 8.04. The normalized spacial score (nSPS) is 13.5. The number of rotatable bonds is 7. The summed E-state index contributed by atoms with van der Waals surface area (Å²) < 4.78 is 2.63. The van der Waals surface area contributed by atoms with E-state index in [0.717, 1.165) is 11.3 Å². The average Bonchev–Trinajstić information content (AvgIpc) is 3.91. The summed E-state index contributed by atoms with van der Waals surface area (Å²) in [7, 11) is 0. The Kier molecular flexibility index (Phi) is 8.50. The number of nitrogens with zero attached hydrogens (tertiary/aromatic N) is 2. The van der Waals surface area contributed by atoms with Crippen LogP contribution in [0.1, 0.15) is 60.4 Å². The zero-order chi connectivity index (χ0) is 35.8. The number of hydrogen-bond donors (Lipinski definition) is 0. The standard InChI is InChI=1S/C51H40N2S/c1-5-17-36(18-6-1)47(37-19-7-2-8-20-37)48(38-21-9-3-10-22-38)39-31-29-35(30-32-39)45-33-34-46(54-45)51-52-49-43-27-15-13-25-41(43)42-26-14-16-28-44(42)50(49)53(51)40-23-11-4-12-24-40/h1-3,5-10,13-22,25-34,40H,4,11-12,23-24H2. The van der Waals surface area contributed by atoms with Gasteiger partial charge in [-0.1, -0.05) is 183 Å². The second-order valence-corrected chi connectivity index (χ2v) is 15.6. The molecule has 10 rings (SSSR count). The van der Waals surface area contributed by atoms with E-state index in [4.69, 9.17) is 4.98 Å². The van der Waals surface area contributed by atoms with Gasteiger partial charge in [0.25, 0.3) is 0 Å². The number of aromatic nitrogens is 2. The summed E-state index contributed by atoms with van der Waals surface area (Å²) in [6.07, 6.45) is 6.26. The van der Waals surface area contributed by atoms with Gasteiger partial charge in [0.1, 0.15) is 0 Å². The molecule has 0 unspecified atom stereocenters. The minimum absolute atomic E-state index is 0.444. The number of hydrogen-bond acceptors (Lipinski definition) is 2. The highest BCUT2D eigenvalue weighted by atomic mass is 32.1. The molecule has 1 aliphatic carbocycles. The van der Waals surface area contributed by atoms with Crippen molar-refractivity contribution in [1.29, 1.82) is 0 Å². The van der Waals surface area contributed by atoms with E-state index in [2.05, 4.69) is 180 Å². The molecule has 0 atom stereocenters. The molecule has 1 fully saturated rings. The van der Waals surface area contributed by atoms with Crippen LogP contribution in [0.4, 0.5) is 0 Å². The Morgan fingerprint density at radius 3 is 1.48 bits per heavy atom. The van der Waals surface area contributed by atoms with E-state index in [9.17, 15) is 0 Å². The Bertz CT molecular complexity index is 2730. The highest BCUT2D eigenvalue weighted by molar-refractivity contribution is 7.18. The summed E-state index contributed by atoms with van der Waals surface area (Å²) in [5.74, 6) is 1.11. The first kappa shape index (κ1) is 32.6. The summed E-state index contributed by atoms with van der Waals surface area (Å²) in [5.41, 5.74) is 10.9. The lowest BCUT2D eigenvalue weighted by Gasteiger charge is -2.26. The minimum Gasteiger partial charge on any atom is -0.320 e. The van der Waals surface area contributed by atoms with Gasteiger partial charge in [0.05, 0.1) is 15.9 Å². The van der Waals surface area contributed by atoms with Gasteiger partial charge in [0, 0.05) is 21.7 Å². The number of fused-ring (bicyclic) bond motifs is 6. The molecular weight excluding hydrogens is 673 g/mol. The Labute approximate surface area is 320 Å². The quantitative estimate of drug-likeness (QED) is 0.119. The molecule has 260 valence electrons.